The summed E-state index contributed by atoms with van der Waals surface area (Å²) in [6.45, 7) is 3.55. The Labute approximate surface area is 162 Å². The van der Waals surface area contributed by atoms with Gasteiger partial charge in [-0.1, -0.05) is 0 Å². The van der Waals surface area contributed by atoms with Gasteiger partial charge in [-0.2, -0.15) is 5.26 Å². The molecule has 0 aliphatic carbocycles. The first-order valence-corrected chi connectivity index (χ1v) is 9.93. The van der Waals surface area contributed by atoms with E-state index in [0.29, 0.717) is 36.7 Å². The molecule has 6 nitrogen and oxygen atoms in total. The van der Waals surface area contributed by atoms with Gasteiger partial charge in [0.05, 0.1) is 22.3 Å². The third-order valence-corrected chi connectivity index (χ3v) is 5.77. The van der Waals surface area contributed by atoms with Gasteiger partial charge in [-0.15, -0.1) is 11.3 Å². The normalized spacial score (nSPS) is 14.6. The Morgan fingerprint density at radius 1 is 1.30 bits per heavy atom. The Balaban J connectivity index is 1.52. The van der Waals surface area contributed by atoms with Gasteiger partial charge in [0, 0.05) is 49.8 Å². The van der Waals surface area contributed by atoms with E-state index in [-0.39, 0.29) is 11.8 Å². The summed E-state index contributed by atoms with van der Waals surface area (Å²) >= 11 is 1.67. The van der Waals surface area contributed by atoms with Crippen LogP contribution in [0, 0.1) is 11.3 Å². The van der Waals surface area contributed by atoms with Crippen molar-refractivity contribution in [2.75, 3.05) is 19.6 Å². The zero-order chi connectivity index (χ0) is 19.2. The molecule has 1 aliphatic rings. The third kappa shape index (κ3) is 4.92. The van der Waals surface area contributed by atoms with Crippen LogP contribution in [0.25, 0.3) is 0 Å². The van der Waals surface area contributed by atoms with E-state index in [4.69, 9.17) is 10.2 Å². The van der Waals surface area contributed by atoms with E-state index in [1.54, 1.807) is 35.6 Å². The molecule has 1 fully saturated rings. The molecule has 0 unspecified atom stereocenters. The SMILES string of the molecule is CC(=O)NCCc1csc(C2CCN(C(=O)c3ccc(C#N)cc3)CC2)n1. The van der Waals surface area contributed by atoms with Crippen LogP contribution in [0.2, 0.25) is 0 Å². The molecule has 0 atom stereocenters. The molecule has 2 heterocycles. The van der Waals surface area contributed by atoms with E-state index in [1.165, 1.54) is 6.92 Å². The number of thiazole rings is 1. The maximum atomic E-state index is 12.6. The first kappa shape index (κ1) is 19.1. The average molecular weight is 382 g/mol. The molecule has 2 amide bonds. The lowest BCUT2D eigenvalue weighted by atomic mass is 9.97. The number of piperidine rings is 1. The first-order chi connectivity index (χ1) is 13.1. The highest BCUT2D eigenvalue weighted by Crippen LogP contribution is 2.31. The summed E-state index contributed by atoms with van der Waals surface area (Å²) in [6, 6.07) is 8.86. The van der Waals surface area contributed by atoms with Gasteiger partial charge in [0.15, 0.2) is 0 Å². The molecule has 0 radical (unpaired) electrons. The molecule has 0 bridgehead atoms. The highest BCUT2D eigenvalue weighted by atomic mass is 32.1. The molecule has 2 aromatic rings. The number of likely N-dealkylation sites (tertiary alicyclic amines) is 1. The van der Waals surface area contributed by atoms with Gasteiger partial charge in [0.1, 0.15) is 0 Å². The van der Waals surface area contributed by atoms with Crippen molar-refractivity contribution >= 4 is 23.2 Å². The Hall–Kier alpha value is -2.72. The number of nitriles is 1. The molecule has 1 aliphatic heterocycles. The number of nitrogens with one attached hydrogen (secondary N) is 1. The number of benzene rings is 1. The van der Waals surface area contributed by atoms with Crippen molar-refractivity contribution in [2.45, 2.75) is 32.1 Å². The molecule has 1 N–H and O–H groups in total. The molecular formula is C20H22N4O2S. The van der Waals surface area contributed by atoms with Crippen molar-refractivity contribution < 1.29 is 9.59 Å². The molecular weight excluding hydrogens is 360 g/mol. The number of hydrogen-bond acceptors (Lipinski definition) is 5. The van der Waals surface area contributed by atoms with Crippen LogP contribution in [0.5, 0.6) is 0 Å². The van der Waals surface area contributed by atoms with Gasteiger partial charge in [-0.3, -0.25) is 9.59 Å². The van der Waals surface area contributed by atoms with Crippen LogP contribution < -0.4 is 5.32 Å². The largest absolute Gasteiger partial charge is 0.356 e. The molecule has 1 saturated heterocycles. The van der Waals surface area contributed by atoms with Gasteiger partial charge in [-0.05, 0) is 37.1 Å². The second-order valence-corrected chi connectivity index (χ2v) is 7.56. The van der Waals surface area contributed by atoms with Gasteiger partial charge >= 0.3 is 0 Å². The average Bonchev–Trinajstić information content (AvgIpc) is 3.16. The maximum absolute atomic E-state index is 12.6. The predicted molar refractivity (Wildman–Crippen MR) is 104 cm³/mol. The van der Waals surface area contributed by atoms with Gasteiger partial charge < -0.3 is 10.2 Å². The van der Waals surface area contributed by atoms with Crippen LogP contribution in [-0.2, 0) is 11.2 Å². The van der Waals surface area contributed by atoms with Crippen molar-refractivity contribution in [3.63, 3.8) is 0 Å². The van der Waals surface area contributed by atoms with Crippen LogP contribution in [0.3, 0.4) is 0 Å². The fourth-order valence-corrected chi connectivity index (χ4v) is 4.22. The minimum absolute atomic E-state index is 0.0214. The molecule has 3 rings (SSSR count). The standard InChI is InChI=1S/C20H22N4O2S/c1-14(25)22-9-6-18-13-27-19(23-18)16-7-10-24(11-8-16)20(26)17-4-2-15(12-21)3-5-17/h2-5,13,16H,6-11H2,1H3,(H,22,25). The topological polar surface area (TPSA) is 86.1 Å². The second kappa shape index (κ2) is 8.78. The maximum Gasteiger partial charge on any atom is 0.253 e. The number of aromatic nitrogens is 1. The zero-order valence-corrected chi connectivity index (χ0v) is 16.1. The number of rotatable bonds is 5. The van der Waals surface area contributed by atoms with Crippen LogP contribution in [-0.4, -0.2) is 41.3 Å². The summed E-state index contributed by atoms with van der Waals surface area (Å²) in [7, 11) is 0. The van der Waals surface area contributed by atoms with Crippen molar-refractivity contribution in [1.82, 2.24) is 15.2 Å². The first-order valence-electron chi connectivity index (χ1n) is 9.05. The minimum Gasteiger partial charge on any atom is -0.356 e. The van der Waals surface area contributed by atoms with Crippen LogP contribution in [0.1, 0.15) is 52.3 Å². The van der Waals surface area contributed by atoms with E-state index in [9.17, 15) is 9.59 Å². The lowest BCUT2D eigenvalue weighted by molar-refractivity contribution is -0.118. The Bertz CT molecular complexity index is 846. The third-order valence-electron chi connectivity index (χ3n) is 4.72. The summed E-state index contributed by atoms with van der Waals surface area (Å²) in [4.78, 5) is 30.1. The predicted octanol–water partition coefficient (Wildman–Crippen LogP) is 2.71. The summed E-state index contributed by atoms with van der Waals surface area (Å²) < 4.78 is 0. The van der Waals surface area contributed by atoms with Gasteiger partial charge in [0.2, 0.25) is 5.91 Å². The van der Waals surface area contributed by atoms with Crippen LogP contribution in [0.4, 0.5) is 0 Å². The van der Waals surface area contributed by atoms with E-state index in [1.807, 2.05) is 4.90 Å². The zero-order valence-electron chi connectivity index (χ0n) is 15.3. The Morgan fingerprint density at radius 2 is 2.00 bits per heavy atom. The van der Waals surface area contributed by atoms with E-state index >= 15 is 0 Å². The summed E-state index contributed by atoms with van der Waals surface area (Å²) in [5.41, 5.74) is 2.20. The number of carbonyl (C=O) groups is 2. The summed E-state index contributed by atoms with van der Waals surface area (Å²) in [6.07, 6.45) is 2.55. The van der Waals surface area contributed by atoms with E-state index in [0.717, 1.165) is 30.0 Å². The number of hydrogen-bond donors (Lipinski definition) is 1. The van der Waals surface area contributed by atoms with Gasteiger partial charge in [-0.25, -0.2) is 4.98 Å². The fraction of sp³-hybridized carbons (Fsp3) is 0.400. The monoisotopic (exact) mass is 382 g/mol. The van der Waals surface area contributed by atoms with E-state index < -0.39 is 0 Å². The van der Waals surface area contributed by atoms with Crippen molar-refractivity contribution in [2.24, 2.45) is 0 Å². The Morgan fingerprint density at radius 3 is 2.63 bits per heavy atom. The smallest absolute Gasteiger partial charge is 0.253 e. The molecule has 0 spiro atoms. The molecule has 0 saturated carbocycles. The van der Waals surface area contributed by atoms with Crippen molar-refractivity contribution in [3.05, 3.63) is 51.5 Å². The number of carbonyl (C=O) groups excluding carboxylic acids is 2. The second-order valence-electron chi connectivity index (χ2n) is 6.67. The fourth-order valence-electron chi connectivity index (χ4n) is 3.19. The van der Waals surface area contributed by atoms with Crippen molar-refractivity contribution in [3.8, 4) is 6.07 Å². The molecule has 27 heavy (non-hydrogen) atoms. The van der Waals surface area contributed by atoms with Crippen molar-refractivity contribution in [1.29, 1.82) is 5.26 Å². The highest BCUT2D eigenvalue weighted by Gasteiger charge is 2.26. The van der Waals surface area contributed by atoms with Gasteiger partial charge in [0.25, 0.3) is 5.91 Å². The quantitative estimate of drug-likeness (QED) is 0.861. The Kier molecular flexibility index (Phi) is 6.20. The number of nitrogens with zero attached hydrogens (tertiary/aromatic N) is 3. The molecule has 1 aromatic carbocycles. The van der Waals surface area contributed by atoms with Crippen LogP contribution >= 0.6 is 11.3 Å². The lowest BCUT2D eigenvalue weighted by Gasteiger charge is -2.31. The van der Waals surface area contributed by atoms with Crippen LogP contribution in [0.15, 0.2) is 29.6 Å². The lowest BCUT2D eigenvalue weighted by Crippen LogP contribution is -2.37. The summed E-state index contributed by atoms with van der Waals surface area (Å²) in [5.74, 6) is 0.382. The molecule has 140 valence electrons. The number of amides is 2. The summed E-state index contributed by atoms with van der Waals surface area (Å²) in [5, 5.41) is 14.8. The highest BCUT2D eigenvalue weighted by molar-refractivity contribution is 7.09. The van der Waals surface area contributed by atoms with E-state index in [2.05, 4.69) is 16.8 Å². The molecule has 7 heteroatoms. The minimum atomic E-state index is -0.0234. The molecule has 1 aromatic heterocycles.